The molecule has 0 heterocycles. The molecule has 3 atom stereocenters. The number of aliphatic hydroxyl groups is 1. The Morgan fingerprint density at radius 1 is 1.15 bits per heavy atom. The lowest BCUT2D eigenvalue weighted by molar-refractivity contribution is -0.0982. The molecule has 0 fully saturated rings. The first kappa shape index (κ1) is 25.6. The molecule has 0 amide bonds. The average Bonchev–Trinajstić information content (AvgIpc) is 2.47. The van der Waals surface area contributed by atoms with Gasteiger partial charge in [0.1, 0.15) is 14.9 Å². The number of methoxy groups -OCH3 is 1. The predicted molar refractivity (Wildman–Crippen MR) is 115 cm³/mol. The van der Waals surface area contributed by atoms with Crippen LogP contribution in [0.4, 0.5) is 0 Å². The van der Waals surface area contributed by atoms with E-state index in [1.165, 1.54) is 0 Å². The minimum atomic E-state index is -1.93. The van der Waals surface area contributed by atoms with Crippen LogP contribution < -0.4 is 0 Å². The molecule has 0 aromatic heterocycles. The van der Waals surface area contributed by atoms with E-state index >= 15 is 0 Å². The first-order valence-electron chi connectivity index (χ1n) is 9.30. The maximum absolute atomic E-state index is 10.8. The molecule has 0 aromatic carbocycles. The highest BCUT2D eigenvalue weighted by Crippen LogP contribution is 2.37. The van der Waals surface area contributed by atoms with E-state index < -0.39 is 22.5 Å². The van der Waals surface area contributed by atoms with E-state index in [-0.39, 0.29) is 23.9 Å². The fourth-order valence-electron chi connectivity index (χ4n) is 2.03. The summed E-state index contributed by atoms with van der Waals surface area (Å²) in [5.74, 6) is 2.94. The van der Waals surface area contributed by atoms with Crippen LogP contribution in [0.3, 0.4) is 0 Å². The molecule has 0 saturated carbocycles. The number of aliphatic hydroxyl groups excluding tert-OH is 1. The summed E-state index contributed by atoms with van der Waals surface area (Å²) < 4.78 is 17.1. The summed E-state index contributed by atoms with van der Waals surface area (Å²) in [6, 6.07) is 0. The van der Waals surface area contributed by atoms with E-state index in [2.05, 4.69) is 71.5 Å². The highest BCUT2D eigenvalue weighted by atomic mass is 28.4. The standard InChI is InChI=1S/C20H40O4Si2/c1-11-19(23-16-22-5)17(15-24-26(9,10)20(2,3)4)18(21)13-12-14-25(6,7)8/h11,17-19,21H,1,13,15-16H2,2-10H3/t17-,18+,19+/m0/s1. The van der Waals surface area contributed by atoms with Crippen molar-refractivity contribution in [2.45, 2.75) is 77.2 Å². The molecule has 0 spiro atoms. The predicted octanol–water partition coefficient (Wildman–Crippen LogP) is 4.43. The average molecular weight is 401 g/mol. The normalized spacial score (nSPS) is 16.4. The van der Waals surface area contributed by atoms with Crippen LogP contribution >= 0.6 is 0 Å². The Hall–Kier alpha value is -0.426. The third-order valence-electron chi connectivity index (χ3n) is 4.74. The van der Waals surface area contributed by atoms with Gasteiger partial charge in [0.25, 0.3) is 0 Å². The maximum Gasteiger partial charge on any atom is 0.191 e. The van der Waals surface area contributed by atoms with Crippen molar-refractivity contribution < 1.29 is 19.0 Å². The van der Waals surface area contributed by atoms with Crippen LogP contribution in [0.15, 0.2) is 12.7 Å². The zero-order valence-corrected chi connectivity index (χ0v) is 20.3. The van der Waals surface area contributed by atoms with Gasteiger partial charge in [-0.2, -0.15) is 0 Å². The molecule has 0 saturated heterocycles. The summed E-state index contributed by atoms with van der Waals surface area (Å²) in [5, 5.41) is 10.9. The van der Waals surface area contributed by atoms with Crippen LogP contribution in [-0.4, -0.2) is 54.2 Å². The van der Waals surface area contributed by atoms with Crippen molar-refractivity contribution in [2.75, 3.05) is 20.5 Å². The van der Waals surface area contributed by atoms with Gasteiger partial charge in [-0.3, -0.25) is 0 Å². The Morgan fingerprint density at radius 3 is 2.15 bits per heavy atom. The number of ether oxygens (including phenoxy) is 2. The summed E-state index contributed by atoms with van der Waals surface area (Å²) in [4.78, 5) is 0. The lowest BCUT2D eigenvalue weighted by Crippen LogP contribution is -2.45. The van der Waals surface area contributed by atoms with Gasteiger partial charge in [0.05, 0.1) is 12.2 Å². The summed E-state index contributed by atoms with van der Waals surface area (Å²) >= 11 is 0. The van der Waals surface area contributed by atoms with Crippen LogP contribution in [0.25, 0.3) is 0 Å². The van der Waals surface area contributed by atoms with Crippen molar-refractivity contribution in [1.82, 2.24) is 0 Å². The second kappa shape index (κ2) is 10.8. The van der Waals surface area contributed by atoms with Crippen molar-refractivity contribution in [3.8, 4) is 11.5 Å². The molecule has 1 N–H and O–H groups in total. The number of hydrogen-bond acceptors (Lipinski definition) is 4. The van der Waals surface area contributed by atoms with Gasteiger partial charge in [0.15, 0.2) is 8.32 Å². The summed E-state index contributed by atoms with van der Waals surface area (Å²) in [7, 11) is -1.80. The first-order valence-corrected chi connectivity index (χ1v) is 15.7. The topological polar surface area (TPSA) is 47.9 Å². The van der Waals surface area contributed by atoms with E-state index in [4.69, 9.17) is 13.9 Å². The Labute approximate surface area is 163 Å². The van der Waals surface area contributed by atoms with Gasteiger partial charge in [-0.05, 0) is 18.1 Å². The van der Waals surface area contributed by atoms with E-state index in [0.29, 0.717) is 13.0 Å². The van der Waals surface area contributed by atoms with E-state index in [9.17, 15) is 5.11 Å². The van der Waals surface area contributed by atoms with Gasteiger partial charge in [-0.15, -0.1) is 18.0 Å². The van der Waals surface area contributed by atoms with Crippen molar-refractivity contribution in [3.05, 3.63) is 12.7 Å². The van der Waals surface area contributed by atoms with Crippen molar-refractivity contribution in [2.24, 2.45) is 5.92 Å². The monoisotopic (exact) mass is 400 g/mol. The molecular weight excluding hydrogens is 360 g/mol. The zero-order valence-electron chi connectivity index (χ0n) is 18.3. The van der Waals surface area contributed by atoms with Gasteiger partial charge < -0.3 is 19.0 Å². The first-order chi connectivity index (χ1) is 11.7. The molecule has 0 rings (SSSR count). The molecule has 152 valence electrons. The summed E-state index contributed by atoms with van der Waals surface area (Å²) in [5.41, 5.74) is 3.31. The van der Waals surface area contributed by atoms with Crippen LogP contribution in [0.2, 0.25) is 37.8 Å². The van der Waals surface area contributed by atoms with Gasteiger partial charge in [0.2, 0.25) is 0 Å². The van der Waals surface area contributed by atoms with Crippen LogP contribution in [0.1, 0.15) is 27.2 Å². The maximum atomic E-state index is 10.8. The SMILES string of the molecule is C=C[C@@H](OCOC)[C@@H](CO[Si](C)(C)C(C)(C)C)[C@H](O)CC#C[Si](C)(C)C. The number of hydrogen-bond donors (Lipinski definition) is 1. The molecule has 0 aliphatic rings. The third kappa shape index (κ3) is 9.49. The summed E-state index contributed by atoms with van der Waals surface area (Å²) in [6.45, 7) is 22.1. The van der Waals surface area contributed by atoms with Crippen LogP contribution in [0.5, 0.6) is 0 Å². The van der Waals surface area contributed by atoms with Gasteiger partial charge in [-0.25, -0.2) is 0 Å². The molecule has 26 heavy (non-hydrogen) atoms. The van der Waals surface area contributed by atoms with Gasteiger partial charge in [0, 0.05) is 26.1 Å². The summed E-state index contributed by atoms with van der Waals surface area (Å²) in [6.07, 6.45) is 1.15. The van der Waals surface area contributed by atoms with E-state index in [1.807, 2.05) is 0 Å². The van der Waals surface area contributed by atoms with Crippen LogP contribution in [0, 0.1) is 17.4 Å². The van der Waals surface area contributed by atoms with Crippen molar-refractivity contribution in [3.63, 3.8) is 0 Å². The molecule has 0 aliphatic heterocycles. The van der Waals surface area contributed by atoms with Crippen LogP contribution in [-0.2, 0) is 13.9 Å². The Balaban J connectivity index is 5.27. The largest absolute Gasteiger partial charge is 0.416 e. The lowest BCUT2D eigenvalue weighted by atomic mass is 9.94. The zero-order chi connectivity index (χ0) is 20.6. The van der Waals surface area contributed by atoms with E-state index in [0.717, 1.165) is 0 Å². The van der Waals surface area contributed by atoms with Gasteiger partial charge in [-0.1, -0.05) is 46.5 Å². The second-order valence-electron chi connectivity index (χ2n) is 9.33. The molecule has 0 unspecified atom stereocenters. The fourth-order valence-corrected chi connectivity index (χ4v) is 3.71. The molecular formula is C20H40O4Si2. The minimum absolute atomic E-state index is 0.108. The highest BCUT2D eigenvalue weighted by Gasteiger charge is 2.39. The fraction of sp³-hybridized carbons (Fsp3) is 0.800. The molecule has 0 bridgehead atoms. The smallest absolute Gasteiger partial charge is 0.191 e. The van der Waals surface area contributed by atoms with Crippen molar-refractivity contribution in [1.29, 1.82) is 0 Å². The Kier molecular flexibility index (Phi) is 10.6. The minimum Gasteiger partial charge on any atom is -0.416 e. The quantitative estimate of drug-likeness (QED) is 0.255. The van der Waals surface area contributed by atoms with Crippen molar-refractivity contribution >= 4 is 16.4 Å². The molecule has 6 heteroatoms. The third-order valence-corrected chi connectivity index (χ3v) is 10.2. The Bertz CT molecular complexity index is 481. The molecule has 0 aliphatic carbocycles. The Morgan fingerprint density at radius 2 is 1.73 bits per heavy atom. The number of rotatable bonds is 10. The molecule has 0 radical (unpaired) electrons. The van der Waals surface area contributed by atoms with E-state index in [1.54, 1.807) is 13.2 Å². The molecule has 0 aromatic rings. The second-order valence-corrected chi connectivity index (χ2v) is 18.9. The lowest BCUT2D eigenvalue weighted by Gasteiger charge is -2.38. The van der Waals surface area contributed by atoms with Gasteiger partial charge >= 0.3 is 0 Å². The molecule has 4 nitrogen and oxygen atoms in total. The highest BCUT2D eigenvalue weighted by molar-refractivity contribution is 6.83.